The van der Waals surface area contributed by atoms with Gasteiger partial charge in [0.1, 0.15) is 5.75 Å². The third kappa shape index (κ3) is 2.80. The lowest BCUT2D eigenvalue weighted by Crippen LogP contribution is -2.10. The maximum atomic E-state index is 12.8. The summed E-state index contributed by atoms with van der Waals surface area (Å²) in [6.07, 6.45) is -2.53. The van der Waals surface area contributed by atoms with Gasteiger partial charge < -0.3 is 14.6 Å². The highest BCUT2D eigenvalue weighted by atomic mass is 19.3. The molecule has 1 rings (SSSR count). The van der Waals surface area contributed by atoms with Crippen LogP contribution in [0.2, 0.25) is 0 Å². The Morgan fingerprint density at radius 2 is 2.18 bits per heavy atom. The van der Waals surface area contributed by atoms with E-state index in [2.05, 4.69) is 9.72 Å². The molecule has 0 amide bonds. The number of hydrogen-bond acceptors (Lipinski definition) is 5. The summed E-state index contributed by atoms with van der Waals surface area (Å²) < 4.78 is 34.7. The molecule has 1 N–H and O–H groups in total. The Hall–Kier alpha value is -1.92. The minimum absolute atomic E-state index is 0.136. The Labute approximate surface area is 96.0 Å². The summed E-state index contributed by atoms with van der Waals surface area (Å²) >= 11 is 0. The monoisotopic (exact) mass is 247 g/mol. The lowest BCUT2D eigenvalue weighted by atomic mass is 10.1. The quantitative estimate of drug-likeness (QED) is 0.815. The van der Waals surface area contributed by atoms with Gasteiger partial charge in [-0.3, -0.25) is 4.79 Å². The van der Waals surface area contributed by atoms with Crippen LogP contribution in [0.1, 0.15) is 17.6 Å². The number of methoxy groups -OCH3 is 2. The number of rotatable bonds is 4. The van der Waals surface area contributed by atoms with E-state index in [0.29, 0.717) is 0 Å². The van der Waals surface area contributed by atoms with E-state index in [4.69, 9.17) is 4.74 Å². The first-order chi connectivity index (χ1) is 8.01. The first-order valence-corrected chi connectivity index (χ1v) is 4.61. The van der Waals surface area contributed by atoms with Crippen molar-refractivity contribution in [2.75, 3.05) is 14.2 Å². The van der Waals surface area contributed by atoms with Crippen molar-refractivity contribution in [1.82, 2.24) is 4.98 Å². The van der Waals surface area contributed by atoms with Crippen LogP contribution < -0.4 is 4.74 Å². The zero-order valence-electron chi connectivity index (χ0n) is 9.24. The van der Waals surface area contributed by atoms with Crippen molar-refractivity contribution in [2.45, 2.75) is 12.8 Å². The van der Waals surface area contributed by atoms with Crippen LogP contribution in [0.15, 0.2) is 6.20 Å². The fraction of sp³-hybridized carbons (Fsp3) is 0.400. The summed E-state index contributed by atoms with van der Waals surface area (Å²) in [5, 5.41) is 9.32. The Balaban J connectivity index is 3.29. The number of carbonyl (C=O) groups is 1. The topological polar surface area (TPSA) is 68.7 Å². The fourth-order valence-electron chi connectivity index (χ4n) is 1.34. The highest BCUT2D eigenvalue weighted by Gasteiger charge is 2.24. The number of alkyl halides is 2. The molecule has 0 unspecified atom stereocenters. The summed E-state index contributed by atoms with van der Waals surface area (Å²) in [6, 6.07) is 0. The molecule has 1 aromatic heterocycles. The Morgan fingerprint density at radius 1 is 1.53 bits per heavy atom. The van der Waals surface area contributed by atoms with Crippen LogP contribution in [0.25, 0.3) is 0 Å². The second-order valence-electron chi connectivity index (χ2n) is 3.10. The van der Waals surface area contributed by atoms with E-state index in [9.17, 15) is 18.7 Å². The molecule has 1 heterocycles. The van der Waals surface area contributed by atoms with E-state index in [1.54, 1.807) is 0 Å². The lowest BCUT2D eigenvalue weighted by Gasteiger charge is -2.12. The summed E-state index contributed by atoms with van der Waals surface area (Å²) in [5.41, 5.74) is -0.836. The van der Waals surface area contributed by atoms with Crippen LogP contribution in [0, 0.1) is 0 Å². The van der Waals surface area contributed by atoms with Crippen LogP contribution >= 0.6 is 0 Å². The molecule has 0 bridgehead atoms. The van der Waals surface area contributed by atoms with Gasteiger partial charge in [0.05, 0.1) is 32.4 Å². The van der Waals surface area contributed by atoms with Gasteiger partial charge in [0.15, 0.2) is 0 Å². The van der Waals surface area contributed by atoms with Gasteiger partial charge in [-0.05, 0) is 0 Å². The molecule has 17 heavy (non-hydrogen) atoms. The second-order valence-corrected chi connectivity index (χ2v) is 3.10. The highest BCUT2D eigenvalue weighted by molar-refractivity contribution is 5.74. The smallest absolute Gasteiger partial charge is 0.310 e. The molecule has 0 fully saturated rings. The number of ether oxygens (including phenoxy) is 2. The van der Waals surface area contributed by atoms with Gasteiger partial charge in [0.2, 0.25) is 5.88 Å². The third-order valence-electron chi connectivity index (χ3n) is 2.12. The van der Waals surface area contributed by atoms with Gasteiger partial charge in [-0.25, -0.2) is 13.8 Å². The van der Waals surface area contributed by atoms with Crippen molar-refractivity contribution in [3.05, 3.63) is 17.3 Å². The number of aromatic nitrogens is 1. The summed E-state index contributed by atoms with van der Waals surface area (Å²) in [6.45, 7) is 0. The SMILES string of the molecule is COC(=O)Cc1c(OC)ncc(O)c1C(F)F. The molecule has 0 atom stereocenters. The maximum Gasteiger partial charge on any atom is 0.310 e. The van der Waals surface area contributed by atoms with Crippen molar-refractivity contribution in [3.63, 3.8) is 0 Å². The van der Waals surface area contributed by atoms with Crippen LogP contribution in [0.5, 0.6) is 11.6 Å². The zero-order chi connectivity index (χ0) is 13.0. The van der Waals surface area contributed by atoms with Gasteiger partial charge in [-0.1, -0.05) is 0 Å². The molecule has 0 saturated heterocycles. The molecule has 7 heteroatoms. The van der Waals surface area contributed by atoms with Gasteiger partial charge in [-0.2, -0.15) is 0 Å². The number of carbonyl (C=O) groups excluding carboxylic acids is 1. The largest absolute Gasteiger partial charge is 0.506 e. The molecule has 0 aliphatic carbocycles. The van der Waals surface area contributed by atoms with Gasteiger partial charge in [0, 0.05) is 5.56 Å². The predicted octanol–water partition coefficient (Wildman–Crippen LogP) is 1.45. The predicted molar refractivity (Wildman–Crippen MR) is 53.1 cm³/mol. The molecule has 0 aliphatic heterocycles. The Morgan fingerprint density at radius 3 is 2.65 bits per heavy atom. The first-order valence-electron chi connectivity index (χ1n) is 4.61. The number of hydrogen-bond donors (Lipinski definition) is 1. The highest BCUT2D eigenvalue weighted by Crippen LogP contribution is 2.35. The lowest BCUT2D eigenvalue weighted by molar-refractivity contribution is -0.139. The van der Waals surface area contributed by atoms with Crippen LogP contribution in [0.3, 0.4) is 0 Å². The molecule has 1 aromatic rings. The molecule has 0 spiro atoms. The Kier molecular flexibility index (Phi) is 4.19. The molecule has 0 radical (unpaired) electrons. The second kappa shape index (κ2) is 5.42. The van der Waals surface area contributed by atoms with Crippen LogP contribution in [0.4, 0.5) is 8.78 Å². The summed E-state index contributed by atoms with van der Waals surface area (Å²) in [4.78, 5) is 14.7. The number of aromatic hydroxyl groups is 1. The van der Waals surface area contributed by atoms with Gasteiger partial charge in [-0.15, -0.1) is 0 Å². The number of nitrogens with zero attached hydrogens (tertiary/aromatic N) is 1. The average molecular weight is 247 g/mol. The summed E-state index contributed by atoms with van der Waals surface area (Å²) in [7, 11) is 2.36. The van der Waals surface area contributed by atoms with E-state index < -0.39 is 30.1 Å². The molecule has 0 aliphatic rings. The van der Waals surface area contributed by atoms with Crippen molar-refractivity contribution in [1.29, 1.82) is 0 Å². The molecule has 5 nitrogen and oxygen atoms in total. The number of esters is 1. The standard InChI is InChI=1S/C10H11F2NO4/c1-16-7(15)3-5-8(9(11)12)6(14)4-13-10(5)17-2/h4,9,14H,3H2,1-2H3. The number of pyridine rings is 1. The maximum absolute atomic E-state index is 12.8. The van der Waals surface area contributed by atoms with Crippen molar-refractivity contribution < 1.29 is 28.2 Å². The van der Waals surface area contributed by atoms with Crippen LogP contribution in [-0.4, -0.2) is 30.3 Å². The van der Waals surface area contributed by atoms with E-state index in [-0.39, 0.29) is 11.4 Å². The third-order valence-corrected chi connectivity index (χ3v) is 2.12. The average Bonchev–Trinajstić information content (AvgIpc) is 2.28. The Bertz CT molecular complexity index is 423. The van der Waals surface area contributed by atoms with Crippen LogP contribution in [-0.2, 0) is 16.0 Å². The van der Waals surface area contributed by atoms with E-state index in [0.717, 1.165) is 13.3 Å². The van der Waals surface area contributed by atoms with Gasteiger partial charge in [0.25, 0.3) is 6.43 Å². The molecule has 0 saturated carbocycles. The number of halogens is 2. The minimum Gasteiger partial charge on any atom is -0.506 e. The molecular formula is C10H11F2NO4. The molecular weight excluding hydrogens is 236 g/mol. The van der Waals surface area contributed by atoms with E-state index in [1.165, 1.54) is 7.11 Å². The van der Waals surface area contributed by atoms with Crippen molar-refractivity contribution in [3.8, 4) is 11.6 Å². The van der Waals surface area contributed by atoms with E-state index in [1.807, 2.05) is 0 Å². The minimum atomic E-state index is -2.94. The molecule has 94 valence electrons. The molecule has 0 aromatic carbocycles. The fourth-order valence-corrected chi connectivity index (χ4v) is 1.34. The van der Waals surface area contributed by atoms with Gasteiger partial charge >= 0.3 is 5.97 Å². The van der Waals surface area contributed by atoms with Crippen molar-refractivity contribution >= 4 is 5.97 Å². The van der Waals surface area contributed by atoms with Crippen molar-refractivity contribution in [2.24, 2.45) is 0 Å². The normalized spacial score (nSPS) is 10.4. The zero-order valence-corrected chi connectivity index (χ0v) is 9.24. The first kappa shape index (κ1) is 13.1. The van der Waals surface area contributed by atoms with E-state index >= 15 is 0 Å². The summed E-state index contributed by atoms with van der Waals surface area (Å²) in [5.74, 6) is -1.54.